The van der Waals surface area contributed by atoms with Crippen molar-refractivity contribution in [3.8, 4) is 0 Å². The maximum atomic E-state index is 6.13. The molecular formula is C11H24N2O. The lowest BCUT2D eigenvalue weighted by Gasteiger charge is -2.44. The number of ether oxygens (including phenoxy) is 1. The van der Waals surface area contributed by atoms with E-state index < -0.39 is 0 Å². The largest absolute Gasteiger partial charge is 0.383 e. The second kappa shape index (κ2) is 5.10. The van der Waals surface area contributed by atoms with E-state index in [1.807, 2.05) is 0 Å². The lowest BCUT2D eigenvalue weighted by atomic mass is 9.91. The fraction of sp³-hybridized carbons (Fsp3) is 1.00. The molecule has 3 heteroatoms. The lowest BCUT2D eigenvalue weighted by Crippen LogP contribution is -2.59. The molecule has 1 heterocycles. The van der Waals surface area contributed by atoms with E-state index in [9.17, 15) is 0 Å². The van der Waals surface area contributed by atoms with E-state index in [0.717, 1.165) is 0 Å². The van der Waals surface area contributed by atoms with Crippen LogP contribution in [-0.2, 0) is 4.74 Å². The molecule has 1 aliphatic heterocycles. The molecule has 1 rings (SSSR count). The Morgan fingerprint density at radius 3 is 2.36 bits per heavy atom. The summed E-state index contributed by atoms with van der Waals surface area (Å²) in [4.78, 5) is 2.50. The third kappa shape index (κ3) is 2.69. The van der Waals surface area contributed by atoms with Crippen LogP contribution in [0.3, 0.4) is 0 Å². The zero-order valence-electron chi connectivity index (χ0n) is 9.75. The van der Waals surface area contributed by atoms with Gasteiger partial charge in [0, 0.05) is 18.7 Å². The summed E-state index contributed by atoms with van der Waals surface area (Å²) >= 11 is 0. The highest BCUT2D eigenvalue weighted by Gasteiger charge is 2.33. The number of rotatable bonds is 4. The maximum absolute atomic E-state index is 6.13. The molecule has 0 radical (unpaired) electrons. The number of nitrogens with zero attached hydrogens (tertiary/aromatic N) is 1. The Balaban J connectivity index is 2.52. The second-order valence-corrected chi connectivity index (χ2v) is 4.76. The van der Waals surface area contributed by atoms with Gasteiger partial charge in [-0.1, -0.05) is 6.42 Å². The van der Waals surface area contributed by atoms with Crippen molar-refractivity contribution < 1.29 is 4.74 Å². The van der Waals surface area contributed by atoms with Gasteiger partial charge in [-0.2, -0.15) is 0 Å². The molecule has 0 aromatic rings. The summed E-state index contributed by atoms with van der Waals surface area (Å²) in [5.41, 5.74) is 6.19. The smallest absolute Gasteiger partial charge is 0.0631 e. The van der Waals surface area contributed by atoms with Gasteiger partial charge in [-0.25, -0.2) is 0 Å². The first-order chi connectivity index (χ1) is 6.59. The normalized spacial score (nSPS) is 22.3. The summed E-state index contributed by atoms with van der Waals surface area (Å²) in [6.45, 7) is 7.46. The van der Waals surface area contributed by atoms with E-state index in [2.05, 4.69) is 18.7 Å². The number of piperidine rings is 1. The first kappa shape index (κ1) is 12.0. The average Bonchev–Trinajstić information content (AvgIpc) is 2.19. The SMILES string of the molecule is COCC(N)C(C)(C)N1CCCCC1. The number of nitrogens with two attached hydrogens (primary N) is 1. The number of hydrogen-bond acceptors (Lipinski definition) is 3. The summed E-state index contributed by atoms with van der Waals surface area (Å²) in [5.74, 6) is 0. The van der Waals surface area contributed by atoms with E-state index in [4.69, 9.17) is 10.5 Å². The first-order valence-electron chi connectivity index (χ1n) is 5.58. The zero-order valence-corrected chi connectivity index (χ0v) is 9.75. The molecule has 0 amide bonds. The van der Waals surface area contributed by atoms with E-state index in [-0.39, 0.29) is 11.6 Å². The summed E-state index contributed by atoms with van der Waals surface area (Å²) in [5, 5.41) is 0. The second-order valence-electron chi connectivity index (χ2n) is 4.76. The minimum atomic E-state index is 0.0659. The van der Waals surface area contributed by atoms with Gasteiger partial charge in [-0.3, -0.25) is 4.90 Å². The van der Waals surface area contributed by atoms with E-state index >= 15 is 0 Å². The van der Waals surface area contributed by atoms with Gasteiger partial charge < -0.3 is 10.5 Å². The Kier molecular flexibility index (Phi) is 4.35. The molecule has 1 atom stereocenters. The minimum absolute atomic E-state index is 0.0659. The van der Waals surface area contributed by atoms with E-state index in [1.54, 1.807) is 7.11 Å². The number of hydrogen-bond donors (Lipinski definition) is 1. The Bertz CT molecular complexity index is 165. The Hall–Kier alpha value is -0.120. The Morgan fingerprint density at radius 2 is 1.86 bits per heavy atom. The quantitative estimate of drug-likeness (QED) is 0.741. The summed E-state index contributed by atoms with van der Waals surface area (Å²) in [7, 11) is 1.71. The van der Waals surface area contributed by atoms with Gasteiger partial charge in [0.25, 0.3) is 0 Å². The van der Waals surface area contributed by atoms with Gasteiger partial charge in [0.05, 0.1) is 6.61 Å². The van der Waals surface area contributed by atoms with E-state index in [0.29, 0.717) is 6.61 Å². The summed E-state index contributed by atoms with van der Waals surface area (Å²) in [6, 6.07) is 0.102. The highest BCUT2D eigenvalue weighted by Crippen LogP contribution is 2.22. The van der Waals surface area contributed by atoms with Crippen LogP contribution in [0.4, 0.5) is 0 Å². The predicted octanol–water partition coefficient (Wildman–Crippen LogP) is 1.22. The van der Waals surface area contributed by atoms with Crippen molar-refractivity contribution in [2.75, 3.05) is 26.8 Å². The van der Waals surface area contributed by atoms with Crippen LogP contribution in [0.2, 0.25) is 0 Å². The first-order valence-corrected chi connectivity index (χ1v) is 5.58. The van der Waals surface area contributed by atoms with Gasteiger partial charge in [-0.15, -0.1) is 0 Å². The summed E-state index contributed by atoms with van der Waals surface area (Å²) in [6.07, 6.45) is 3.98. The molecule has 0 aromatic heterocycles. The fourth-order valence-electron chi connectivity index (χ4n) is 2.09. The molecule has 1 fully saturated rings. The molecular weight excluding hydrogens is 176 g/mol. The van der Waals surface area contributed by atoms with Crippen LogP contribution in [-0.4, -0.2) is 43.3 Å². The number of likely N-dealkylation sites (tertiary alicyclic amines) is 1. The third-order valence-corrected chi connectivity index (χ3v) is 3.42. The predicted molar refractivity (Wildman–Crippen MR) is 59.4 cm³/mol. The van der Waals surface area contributed by atoms with Crippen LogP contribution in [0, 0.1) is 0 Å². The number of methoxy groups -OCH3 is 1. The van der Waals surface area contributed by atoms with Crippen molar-refractivity contribution in [1.29, 1.82) is 0 Å². The van der Waals surface area contributed by atoms with Gasteiger partial charge >= 0.3 is 0 Å². The van der Waals surface area contributed by atoms with Gasteiger partial charge in [0.2, 0.25) is 0 Å². The van der Waals surface area contributed by atoms with E-state index in [1.165, 1.54) is 32.4 Å². The van der Waals surface area contributed by atoms with Crippen molar-refractivity contribution in [3.05, 3.63) is 0 Å². The zero-order chi connectivity index (χ0) is 10.6. The van der Waals surface area contributed by atoms with Crippen LogP contribution >= 0.6 is 0 Å². The van der Waals surface area contributed by atoms with Crippen LogP contribution in [0.15, 0.2) is 0 Å². The minimum Gasteiger partial charge on any atom is -0.383 e. The van der Waals surface area contributed by atoms with Crippen molar-refractivity contribution >= 4 is 0 Å². The Labute approximate surface area is 87.6 Å². The van der Waals surface area contributed by atoms with Crippen LogP contribution in [0.25, 0.3) is 0 Å². The molecule has 14 heavy (non-hydrogen) atoms. The third-order valence-electron chi connectivity index (χ3n) is 3.42. The van der Waals surface area contributed by atoms with Gasteiger partial charge in [0.1, 0.15) is 0 Å². The lowest BCUT2D eigenvalue weighted by molar-refractivity contribution is 0.0420. The highest BCUT2D eigenvalue weighted by molar-refractivity contribution is 4.92. The van der Waals surface area contributed by atoms with Crippen LogP contribution in [0.5, 0.6) is 0 Å². The maximum Gasteiger partial charge on any atom is 0.0631 e. The fourth-order valence-corrected chi connectivity index (χ4v) is 2.09. The molecule has 1 unspecified atom stereocenters. The molecule has 0 saturated carbocycles. The van der Waals surface area contributed by atoms with Crippen LogP contribution < -0.4 is 5.73 Å². The van der Waals surface area contributed by atoms with Crippen molar-refractivity contribution in [2.45, 2.75) is 44.7 Å². The Morgan fingerprint density at radius 1 is 1.29 bits per heavy atom. The summed E-state index contributed by atoms with van der Waals surface area (Å²) < 4.78 is 5.13. The van der Waals surface area contributed by atoms with Gasteiger partial charge in [-0.05, 0) is 39.8 Å². The molecule has 1 aliphatic rings. The molecule has 0 bridgehead atoms. The standard InChI is InChI=1S/C11H24N2O/c1-11(2,10(12)9-14-3)13-7-5-4-6-8-13/h10H,4-9,12H2,1-3H3. The average molecular weight is 200 g/mol. The molecule has 0 aliphatic carbocycles. The van der Waals surface area contributed by atoms with Crippen molar-refractivity contribution in [2.24, 2.45) is 5.73 Å². The monoisotopic (exact) mass is 200 g/mol. The molecule has 2 N–H and O–H groups in total. The molecule has 1 saturated heterocycles. The topological polar surface area (TPSA) is 38.5 Å². The molecule has 84 valence electrons. The molecule has 0 spiro atoms. The molecule has 0 aromatic carbocycles. The van der Waals surface area contributed by atoms with Crippen LogP contribution in [0.1, 0.15) is 33.1 Å². The van der Waals surface area contributed by atoms with Gasteiger partial charge in [0.15, 0.2) is 0 Å². The molecule has 3 nitrogen and oxygen atoms in total. The van der Waals surface area contributed by atoms with Crippen molar-refractivity contribution in [3.63, 3.8) is 0 Å². The highest BCUT2D eigenvalue weighted by atomic mass is 16.5. The van der Waals surface area contributed by atoms with Crippen molar-refractivity contribution in [1.82, 2.24) is 4.90 Å².